The Morgan fingerprint density at radius 1 is 0.720 bits per heavy atom. The Kier molecular flexibility index (Phi) is 4.77. The standard InChI is InChI=1S/C22H22O3/c1-16-15-19(11-14-21(16)25-3)22(23,17-7-5-4-6-8-17)18-9-12-20(24-2)13-10-18/h4-15,23H,1-3H3. The van der Waals surface area contributed by atoms with E-state index in [0.717, 1.165) is 33.8 Å². The average molecular weight is 334 g/mol. The number of benzene rings is 3. The molecule has 3 nitrogen and oxygen atoms in total. The molecule has 1 unspecified atom stereocenters. The van der Waals surface area contributed by atoms with Crippen molar-refractivity contribution in [1.29, 1.82) is 0 Å². The topological polar surface area (TPSA) is 38.7 Å². The molecule has 0 fully saturated rings. The third-order valence-corrected chi connectivity index (χ3v) is 4.51. The Balaban J connectivity index is 2.20. The molecule has 3 heteroatoms. The van der Waals surface area contributed by atoms with E-state index in [0.29, 0.717) is 0 Å². The summed E-state index contributed by atoms with van der Waals surface area (Å²) in [5, 5.41) is 11.8. The van der Waals surface area contributed by atoms with Crippen molar-refractivity contribution in [3.8, 4) is 11.5 Å². The Morgan fingerprint density at radius 3 is 1.88 bits per heavy atom. The maximum absolute atomic E-state index is 11.8. The molecule has 128 valence electrons. The number of aliphatic hydroxyl groups is 1. The van der Waals surface area contributed by atoms with E-state index in [2.05, 4.69) is 0 Å². The second-order valence-electron chi connectivity index (χ2n) is 5.99. The lowest BCUT2D eigenvalue weighted by atomic mass is 9.80. The van der Waals surface area contributed by atoms with Crippen LogP contribution in [0.4, 0.5) is 0 Å². The highest BCUT2D eigenvalue weighted by Gasteiger charge is 2.34. The van der Waals surface area contributed by atoms with E-state index in [1.807, 2.05) is 79.7 Å². The Bertz CT molecular complexity index is 841. The Hall–Kier alpha value is -2.78. The van der Waals surface area contributed by atoms with E-state index in [1.54, 1.807) is 14.2 Å². The van der Waals surface area contributed by atoms with Crippen molar-refractivity contribution in [2.45, 2.75) is 12.5 Å². The largest absolute Gasteiger partial charge is 0.497 e. The van der Waals surface area contributed by atoms with Gasteiger partial charge in [-0.15, -0.1) is 0 Å². The maximum atomic E-state index is 11.8. The van der Waals surface area contributed by atoms with Crippen LogP contribution in [0.3, 0.4) is 0 Å². The number of methoxy groups -OCH3 is 2. The molecule has 0 spiro atoms. The third kappa shape index (κ3) is 3.11. The van der Waals surface area contributed by atoms with Crippen molar-refractivity contribution in [2.75, 3.05) is 14.2 Å². The molecule has 1 N–H and O–H groups in total. The quantitative estimate of drug-likeness (QED) is 0.707. The van der Waals surface area contributed by atoms with E-state index >= 15 is 0 Å². The van der Waals surface area contributed by atoms with Crippen LogP contribution >= 0.6 is 0 Å². The molecule has 3 rings (SSSR count). The van der Waals surface area contributed by atoms with Crippen LogP contribution in [0, 0.1) is 6.92 Å². The van der Waals surface area contributed by atoms with Crippen molar-refractivity contribution in [2.24, 2.45) is 0 Å². The second-order valence-corrected chi connectivity index (χ2v) is 5.99. The summed E-state index contributed by atoms with van der Waals surface area (Å²) >= 11 is 0. The molecule has 0 heterocycles. The highest BCUT2D eigenvalue weighted by atomic mass is 16.5. The number of aryl methyl sites for hydroxylation is 1. The zero-order valence-electron chi connectivity index (χ0n) is 14.7. The smallest absolute Gasteiger partial charge is 0.140 e. The molecule has 0 aliphatic carbocycles. The predicted octanol–water partition coefficient (Wildman–Crippen LogP) is 4.30. The van der Waals surface area contributed by atoms with Crippen molar-refractivity contribution < 1.29 is 14.6 Å². The fourth-order valence-corrected chi connectivity index (χ4v) is 3.12. The van der Waals surface area contributed by atoms with Crippen LogP contribution in [0.1, 0.15) is 22.3 Å². The number of hydrogen-bond donors (Lipinski definition) is 1. The first-order valence-electron chi connectivity index (χ1n) is 8.17. The van der Waals surface area contributed by atoms with Crippen LogP contribution in [0.2, 0.25) is 0 Å². The molecule has 0 amide bonds. The van der Waals surface area contributed by atoms with E-state index in [4.69, 9.17) is 9.47 Å². The second kappa shape index (κ2) is 6.99. The monoisotopic (exact) mass is 334 g/mol. The molecule has 0 aromatic heterocycles. The van der Waals surface area contributed by atoms with Crippen molar-refractivity contribution in [1.82, 2.24) is 0 Å². The lowest BCUT2D eigenvalue weighted by Crippen LogP contribution is -2.29. The molecule has 25 heavy (non-hydrogen) atoms. The van der Waals surface area contributed by atoms with Crippen LogP contribution in [-0.2, 0) is 5.60 Å². The zero-order valence-corrected chi connectivity index (χ0v) is 14.7. The summed E-state index contributed by atoms with van der Waals surface area (Å²) in [6.07, 6.45) is 0. The van der Waals surface area contributed by atoms with E-state index in [-0.39, 0.29) is 0 Å². The van der Waals surface area contributed by atoms with Gasteiger partial charge in [0.25, 0.3) is 0 Å². The van der Waals surface area contributed by atoms with Gasteiger partial charge in [0.05, 0.1) is 14.2 Å². The van der Waals surface area contributed by atoms with Crippen molar-refractivity contribution in [3.63, 3.8) is 0 Å². The lowest BCUT2D eigenvalue weighted by Gasteiger charge is -2.30. The molecule has 0 saturated heterocycles. The van der Waals surface area contributed by atoms with E-state index < -0.39 is 5.60 Å². The SMILES string of the molecule is COc1ccc(C(O)(c2ccccc2)c2ccc(OC)c(C)c2)cc1. The molecular formula is C22H22O3. The van der Waals surface area contributed by atoms with Gasteiger partial charge in [-0.25, -0.2) is 0 Å². The maximum Gasteiger partial charge on any atom is 0.140 e. The number of hydrogen-bond acceptors (Lipinski definition) is 3. The van der Waals surface area contributed by atoms with Gasteiger partial charge < -0.3 is 14.6 Å². The first kappa shape index (κ1) is 17.1. The van der Waals surface area contributed by atoms with Gasteiger partial charge in [-0.05, 0) is 53.4 Å². The van der Waals surface area contributed by atoms with Crippen LogP contribution < -0.4 is 9.47 Å². The van der Waals surface area contributed by atoms with Crippen LogP contribution in [-0.4, -0.2) is 19.3 Å². The summed E-state index contributed by atoms with van der Waals surface area (Å²) < 4.78 is 10.6. The minimum atomic E-state index is -1.26. The van der Waals surface area contributed by atoms with Crippen LogP contribution in [0.5, 0.6) is 11.5 Å². The highest BCUT2D eigenvalue weighted by molar-refractivity contribution is 5.50. The van der Waals surface area contributed by atoms with Gasteiger partial charge in [0.15, 0.2) is 0 Å². The van der Waals surface area contributed by atoms with Crippen LogP contribution in [0.25, 0.3) is 0 Å². The summed E-state index contributed by atoms with van der Waals surface area (Å²) in [5.74, 6) is 1.55. The molecule has 3 aromatic rings. The van der Waals surface area contributed by atoms with Crippen molar-refractivity contribution >= 4 is 0 Å². The van der Waals surface area contributed by atoms with Gasteiger partial charge >= 0.3 is 0 Å². The lowest BCUT2D eigenvalue weighted by molar-refractivity contribution is 0.125. The molecule has 0 aliphatic heterocycles. The fraction of sp³-hybridized carbons (Fsp3) is 0.182. The number of ether oxygens (including phenoxy) is 2. The first-order chi connectivity index (χ1) is 12.1. The highest BCUT2D eigenvalue weighted by Crippen LogP contribution is 2.38. The van der Waals surface area contributed by atoms with Gasteiger partial charge in [0.1, 0.15) is 17.1 Å². The van der Waals surface area contributed by atoms with E-state index in [9.17, 15) is 5.11 Å². The summed E-state index contributed by atoms with van der Waals surface area (Å²) in [4.78, 5) is 0. The summed E-state index contributed by atoms with van der Waals surface area (Å²) in [6.45, 7) is 1.97. The minimum absolute atomic E-state index is 0.755. The van der Waals surface area contributed by atoms with E-state index in [1.165, 1.54) is 0 Å². The Labute approximate surface area is 148 Å². The van der Waals surface area contributed by atoms with Crippen molar-refractivity contribution in [3.05, 3.63) is 95.1 Å². The Morgan fingerprint density at radius 2 is 1.32 bits per heavy atom. The normalized spacial score (nSPS) is 13.1. The van der Waals surface area contributed by atoms with Gasteiger partial charge in [-0.2, -0.15) is 0 Å². The molecule has 1 atom stereocenters. The number of rotatable bonds is 5. The average Bonchev–Trinajstić information content (AvgIpc) is 2.68. The van der Waals surface area contributed by atoms with Gasteiger partial charge in [-0.1, -0.05) is 48.5 Å². The zero-order chi connectivity index (χ0) is 17.9. The minimum Gasteiger partial charge on any atom is -0.497 e. The molecular weight excluding hydrogens is 312 g/mol. The summed E-state index contributed by atoms with van der Waals surface area (Å²) in [5.41, 5.74) is 2.10. The summed E-state index contributed by atoms with van der Waals surface area (Å²) in [7, 11) is 3.28. The molecule has 0 saturated carbocycles. The third-order valence-electron chi connectivity index (χ3n) is 4.51. The fourth-order valence-electron chi connectivity index (χ4n) is 3.12. The molecule has 0 radical (unpaired) electrons. The molecule has 3 aromatic carbocycles. The summed E-state index contributed by atoms with van der Waals surface area (Å²) in [6, 6.07) is 22.9. The van der Waals surface area contributed by atoms with Gasteiger partial charge in [0.2, 0.25) is 0 Å². The van der Waals surface area contributed by atoms with Gasteiger partial charge in [0, 0.05) is 0 Å². The molecule has 0 aliphatic rings. The molecule has 0 bridgehead atoms. The van der Waals surface area contributed by atoms with Crippen LogP contribution in [0.15, 0.2) is 72.8 Å². The van der Waals surface area contributed by atoms with Gasteiger partial charge in [-0.3, -0.25) is 0 Å². The first-order valence-corrected chi connectivity index (χ1v) is 8.17. The predicted molar refractivity (Wildman–Crippen MR) is 99.3 cm³/mol.